The van der Waals surface area contributed by atoms with Gasteiger partial charge in [-0.05, 0) is 56.0 Å². The van der Waals surface area contributed by atoms with Crippen molar-refractivity contribution >= 4 is 11.8 Å². The van der Waals surface area contributed by atoms with Crippen molar-refractivity contribution < 1.29 is 13.2 Å². The first-order valence-electron chi connectivity index (χ1n) is 6.95. The lowest BCUT2D eigenvalue weighted by molar-refractivity contribution is -0.137. The molecule has 0 bridgehead atoms. The minimum absolute atomic E-state index is 0.343. The van der Waals surface area contributed by atoms with Crippen LogP contribution in [0, 0.1) is 10.7 Å². The molecule has 0 amide bonds. The Morgan fingerprint density at radius 2 is 2.09 bits per heavy atom. The van der Waals surface area contributed by atoms with Crippen LogP contribution in [-0.4, -0.2) is 43.0 Å². The summed E-state index contributed by atoms with van der Waals surface area (Å²) < 4.78 is 38.9. The molecule has 1 atom stereocenters. The molecule has 1 aliphatic rings. The van der Waals surface area contributed by atoms with Crippen LogP contribution in [0.1, 0.15) is 17.5 Å². The molecule has 22 heavy (non-hydrogen) atoms. The van der Waals surface area contributed by atoms with Gasteiger partial charge in [-0.15, -0.1) is 0 Å². The van der Waals surface area contributed by atoms with Crippen LogP contribution in [0.2, 0.25) is 0 Å². The third-order valence-electron chi connectivity index (χ3n) is 3.84. The number of thiocyanates is 1. The first-order valence-corrected chi connectivity index (χ1v) is 7.77. The van der Waals surface area contributed by atoms with Crippen molar-refractivity contribution in [3.63, 3.8) is 0 Å². The summed E-state index contributed by atoms with van der Waals surface area (Å²) >= 11 is 0.762. The van der Waals surface area contributed by atoms with E-state index in [4.69, 9.17) is 5.26 Å². The molecule has 1 aromatic carbocycles. The van der Waals surface area contributed by atoms with Gasteiger partial charge < -0.3 is 4.90 Å². The van der Waals surface area contributed by atoms with Gasteiger partial charge in [0.1, 0.15) is 5.40 Å². The molecule has 0 saturated carbocycles. The van der Waals surface area contributed by atoms with Crippen LogP contribution in [0.25, 0.3) is 0 Å². The highest BCUT2D eigenvalue weighted by atomic mass is 32.2. The fourth-order valence-electron chi connectivity index (χ4n) is 2.66. The number of rotatable bonds is 4. The maximum atomic E-state index is 13.0. The number of likely N-dealkylation sites (N-methyl/N-ethyl adjacent to an activating group) is 1. The van der Waals surface area contributed by atoms with E-state index >= 15 is 0 Å². The van der Waals surface area contributed by atoms with Gasteiger partial charge >= 0.3 is 6.18 Å². The smallest absolute Gasteiger partial charge is 0.305 e. The quantitative estimate of drug-likeness (QED) is 0.625. The number of hydrogen-bond acceptors (Lipinski definition) is 4. The molecule has 0 unspecified atom stereocenters. The average Bonchev–Trinajstić information content (AvgIpc) is 2.86. The van der Waals surface area contributed by atoms with Crippen molar-refractivity contribution in [2.45, 2.75) is 30.1 Å². The van der Waals surface area contributed by atoms with Crippen LogP contribution in [0.4, 0.5) is 13.2 Å². The second kappa shape index (κ2) is 6.90. The lowest BCUT2D eigenvalue weighted by Gasteiger charge is -2.21. The number of nitriles is 1. The zero-order valence-corrected chi connectivity index (χ0v) is 13.3. The van der Waals surface area contributed by atoms with E-state index in [1.807, 2.05) is 19.5 Å². The lowest BCUT2D eigenvalue weighted by atomic mass is 10.1. The van der Waals surface area contributed by atoms with E-state index in [1.165, 1.54) is 6.07 Å². The summed E-state index contributed by atoms with van der Waals surface area (Å²) in [4.78, 5) is 4.64. The van der Waals surface area contributed by atoms with E-state index in [-0.39, 0.29) is 0 Å². The molecule has 0 N–H and O–H groups in total. The Balaban J connectivity index is 2.17. The Kier molecular flexibility index (Phi) is 5.37. The minimum atomic E-state index is -4.39. The molecule has 1 saturated heterocycles. The largest absolute Gasteiger partial charge is 0.416 e. The predicted octanol–water partition coefficient (Wildman–Crippen LogP) is 3.41. The Morgan fingerprint density at radius 1 is 1.36 bits per heavy atom. The Hall–Kier alpha value is -1.23. The van der Waals surface area contributed by atoms with Gasteiger partial charge in [0.25, 0.3) is 0 Å². The van der Waals surface area contributed by atoms with Gasteiger partial charge in [0.15, 0.2) is 0 Å². The SMILES string of the molecule is CN(C)[C@@H]1CCN(Cc2cc(SC#N)cc(C(F)(F)F)c2)C1. The molecule has 0 aliphatic carbocycles. The van der Waals surface area contributed by atoms with Crippen molar-refractivity contribution in [1.82, 2.24) is 9.80 Å². The molecular weight excluding hydrogens is 311 g/mol. The predicted molar refractivity (Wildman–Crippen MR) is 80.3 cm³/mol. The molecule has 3 nitrogen and oxygen atoms in total. The average molecular weight is 329 g/mol. The van der Waals surface area contributed by atoms with Gasteiger partial charge in [0, 0.05) is 30.6 Å². The van der Waals surface area contributed by atoms with E-state index in [9.17, 15) is 13.2 Å². The van der Waals surface area contributed by atoms with Gasteiger partial charge in [0.05, 0.1) is 5.56 Å². The number of alkyl halides is 3. The Bertz CT molecular complexity index is 566. The van der Waals surface area contributed by atoms with Crippen LogP contribution >= 0.6 is 11.8 Å². The summed E-state index contributed by atoms with van der Waals surface area (Å²) in [5, 5.41) is 10.5. The lowest BCUT2D eigenvalue weighted by Crippen LogP contribution is -2.31. The van der Waals surface area contributed by atoms with Crippen LogP contribution < -0.4 is 0 Å². The minimum Gasteiger partial charge on any atom is -0.305 e. The van der Waals surface area contributed by atoms with Gasteiger partial charge in [-0.2, -0.15) is 18.4 Å². The van der Waals surface area contributed by atoms with Crippen molar-refractivity contribution in [3.8, 4) is 5.40 Å². The second-order valence-electron chi connectivity index (χ2n) is 5.70. The van der Waals surface area contributed by atoms with Gasteiger partial charge in [-0.1, -0.05) is 0 Å². The van der Waals surface area contributed by atoms with Gasteiger partial charge in [-0.25, -0.2) is 0 Å². The van der Waals surface area contributed by atoms with Crippen LogP contribution in [0.5, 0.6) is 0 Å². The third-order valence-corrected chi connectivity index (χ3v) is 4.40. The standard InChI is InChI=1S/C15H18F3N3S/c1-20(2)13-3-4-21(9-13)8-11-5-12(15(16,17)18)7-14(6-11)22-10-19/h5-7,13H,3-4,8-9H2,1-2H3/t13-/m1/s1. The van der Waals surface area contributed by atoms with E-state index < -0.39 is 11.7 Å². The zero-order chi connectivity index (χ0) is 16.3. The summed E-state index contributed by atoms with van der Waals surface area (Å²) in [5.41, 5.74) is -0.0851. The molecule has 0 aromatic heterocycles. The van der Waals surface area contributed by atoms with Crippen molar-refractivity contribution in [3.05, 3.63) is 29.3 Å². The number of thioether (sulfide) groups is 1. The van der Waals surface area contributed by atoms with Crippen LogP contribution in [-0.2, 0) is 12.7 Å². The van der Waals surface area contributed by atoms with E-state index in [2.05, 4.69) is 9.80 Å². The molecule has 1 aromatic rings. The third kappa shape index (κ3) is 4.38. The monoisotopic (exact) mass is 329 g/mol. The Morgan fingerprint density at radius 3 is 2.64 bits per heavy atom. The fraction of sp³-hybridized carbons (Fsp3) is 0.533. The molecule has 1 fully saturated rings. The molecular formula is C15H18F3N3S. The number of halogens is 3. The molecule has 0 spiro atoms. The summed E-state index contributed by atoms with van der Waals surface area (Å²) in [6.07, 6.45) is -3.37. The van der Waals surface area contributed by atoms with Crippen LogP contribution in [0.15, 0.2) is 23.1 Å². The first-order chi connectivity index (χ1) is 10.3. The summed E-state index contributed by atoms with van der Waals surface area (Å²) in [6.45, 7) is 2.21. The van der Waals surface area contributed by atoms with Crippen molar-refractivity contribution in [1.29, 1.82) is 5.26 Å². The topological polar surface area (TPSA) is 30.3 Å². The fourth-order valence-corrected chi connectivity index (χ4v) is 3.16. The molecule has 2 rings (SSSR count). The van der Waals surface area contributed by atoms with E-state index in [1.54, 1.807) is 6.07 Å². The number of likely N-dealkylation sites (tertiary alicyclic amines) is 1. The van der Waals surface area contributed by atoms with Crippen molar-refractivity contribution in [2.24, 2.45) is 0 Å². The van der Waals surface area contributed by atoms with Gasteiger partial charge in [0.2, 0.25) is 0 Å². The summed E-state index contributed by atoms with van der Waals surface area (Å²) in [5.74, 6) is 0. The Labute approximate surface area is 132 Å². The summed E-state index contributed by atoms with van der Waals surface area (Å²) in [6, 6.07) is 4.33. The van der Waals surface area contributed by atoms with Gasteiger partial charge in [-0.3, -0.25) is 4.90 Å². The highest BCUT2D eigenvalue weighted by molar-refractivity contribution is 8.03. The molecule has 0 radical (unpaired) electrons. The summed E-state index contributed by atoms with van der Waals surface area (Å²) in [7, 11) is 4.03. The van der Waals surface area contributed by atoms with Crippen molar-refractivity contribution in [2.75, 3.05) is 27.2 Å². The maximum absolute atomic E-state index is 13.0. The zero-order valence-electron chi connectivity index (χ0n) is 12.5. The molecule has 7 heteroatoms. The number of nitrogens with zero attached hydrogens (tertiary/aromatic N) is 3. The highest BCUT2D eigenvalue weighted by Gasteiger charge is 2.32. The van der Waals surface area contributed by atoms with E-state index in [0.29, 0.717) is 23.0 Å². The molecule has 120 valence electrons. The number of benzene rings is 1. The maximum Gasteiger partial charge on any atom is 0.416 e. The number of hydrogen-bond donors (Lipinski definition) is 0. The van der Waals surface area contributed by atoms with Crippen LogP contribution in [0.3, 0.4) is 0 Å². The normalized spacial score (nSPS) is 19.6. The second-order valence-corrected chi connectivity index (χ2v) is 6.56. The highest BCUT2D eigenvalue weighted by Crippen LogP contribution is 2.33. The first kappa shape index (κ1) is 17.1. The van der Waals surface area contributed by atoms with E-state index in [0.717, 1.165) is 37.3 Å². The molecule has 1 aliphatic heterocycles. The molecule has 1 heterocycles.